The first kappa shape index (κ1) is 14.4. The molecule has 7 heteroatoms. The second kappa shape index (κ2) is 6.34. The number of carbonyl (C=O) groups excluding carboxylic acids is 1. The van der Waals surface area contributed by atoms with Crippen LogP contribution >= 0.6 is 0 Å². The number of nitrogens with zero attached hydrogens (tertiary/aromatic N) is 1. The van der Waals surface area contributed by atoms with Crippen LogP contribution in [0.4, 0.5) is 17.6 Å². The number of nitrogens with two attached hydrogens (primary N) is 1. The van der Waals surface area contributed by atoms with E-state index in [1.54, 1.807) is 0 Å². The number of hydrogen-bond acceptors (Lipinski definition) is 2. The molecule has 0 heterocycles. The number of carbonyl (C=O) groups is 1. The maximum Gasteiger partial charge on any atom is 0.257 e. The highest BCUT2D eigenvalue weighted by molar-refractivity contribution is 5.94. The van der Waals surface area contributed by atoms with E-state index >= 15 is 0 Å². The van der Waals surface area contributed by atoms with E-state index in [-0.39, 0.29) is 13.1 Å². The minimum atomic E-state index is -2.77. The lowest BCUT2D eigenvalue weighted by atomic mass is 10.1. The second-order valence-electron chi connectivity index (χ2n) is 3.53. The molecule has 0 aliphatic carbocycles. The van der Waals surface area contributed by atoms with Crippen LogP contribution in [0, 0.1) is 11.6 Å². The average molecular weight is 264 g/mol. The van der Waals surface area contributed by atoms with Crippen LogP contribution in [0.1, 0.15) is 10.4 Å². The van der Waals surface area contributed by atoms with Gasteiger partial charge in [0.25, 0.3) is 12.3 Å². The molecule has 0 atom stereocenters. The molecule has 0 saturated heterocycles. The third kappa shape index (κ3) is 3.43. The average Bonchev–Trinajstić information content (AvgIpc) is 2.31. The maximum absolute atomic E-state index is 13.3. The molecule has 0 aromatic heterocycles. The quantitative estimate of drug-likeness (QED) is 0.822. The summed E-state index contributed by atoms with van der Waals surface area (Å²) in [6, 6.07) is 3.01. The predicted octanol–water partition coefficient (Wildman–Crippen LogP) is 1.63. The molecule has 0 radical (unpaired) electrons. The van der Waals surface area contributed by atoms with Gasteiger partial charge >= 0.3 is 0 Å². The lowest BCUT2D eigenvalue weighted by molar-refractivity contribution is 0.0558. The molecule has 0 aliphatic heterocycles. The first-order valence-electron chi connectivity index (χ1n) is 5.19. The minimum Gasteiger partial charge on any atom is -0.332 e. The van der Waals surface area contributed by atoms with Gasteiger partial charge in [-0.05, 0) is 12.1 Å². The Kier molecular flexibility index (Phi) is 5.08. The van der Waals surface area contributed by atoms with Crippen molar-refractivity contribution in [1.29, 1.82) is 0 Å². The lowest BCUT2D eigenvalue weighted by Crippen LogP contribution is -2.39. The molecule has 0 unspecified atom stereocenters. The molecule has 1 rings (SSSR count). The molecule has 0 bridgehead atoms. The molecule has 0 aliphatic rings. The van der Waals surface area contributed by atoms with Gasteiger partial charge in [-0.2, -0.15) is 0 Å². The molecule has 18 heavy (non-hydrogen) atoms. The van der Waals surface area contributed by atoms with Gasteiger partial charge in [-0.25, -0.2) is 17.6 Å². The van der Waals surface area contributed by atoms with Crippen LogP contribution in [-0.4, -0.2) is 36.9 Å². The zero-order valence-electron chi connectivity index (χ0n) is 9.38. The molecule has 3 nitrogen and oxygen atoms in total. The zero-order valence-corrected chi connectivity index (χ0v) is 9.38. The molecular weight excluding hydrogens is 252 g/mol. The minimum absolute atomic E-state index is 0.0462. The number of halogens is 4. The summed E-state index contributed by atoms with van der Waals surface area (Å²) in [6.45, 7) is -1.07. The van der Waals surface area contributed by atoms with Crippen molar-refractivity contribution in [2.75, 3.05) is 19.6 Å². The summed E-state index contributed by atoms with van der Waals surface area (Å²) in [7, 11) is 0. The topological polar surface area (TPSA) is 46.3 Å². The van der Waals surface area contributed by atoms with E-state index in [4.69, 9.17) is 5.73 Å². The van der Waals surface area contributed by atoms with E-state index < -0.39 is 36.1 Å². The highest BCUT2D eigenvalue weighted by Gasteiger charge is 2.23. The van der Waals surface area contributed by atoms with Crippen molar-refractivity contribution in [2.45, 2.75) is 6.43 Å². The number of hydrogen-bond donors (Lipinski definition) is 1. The first-order chi connectivity index (χ1) is 8.47. The van der Waals surface area contributed by atoms with Crippen LogP contribution in [0.2, 0.25) is 0 Å². The monoisotopic (exact) mass is 264 g/mol. The summed E-state index contributed by atoms with van der Waals surface area (Å²) in [5, 5.41) is 0. The van der Waals surface area contributed by atoms with Crippen molar-refractivity contribution >= 4 is 5.91 Å². The van der Waals surface area contributed by atoms with Crippen molar-refractivity contribution in [2.24, 2.45) is 5.73 Å². The van der Waals surface area contributed by atoms with Crippen LogP contribution in [0.15, 0.2) is 18.2 Å². The van der Waals surface area contributed by atoms with Crippen LogP contribution in [0.3, 0.4) is 0 Å². The van der Waals surface area contributed by atoms with Crippen molar-refractivity contribution in [3.05, 3.63) is 35.4 Å². The molecule has 100 valence electrons. The molecule has 1 aromatic carbocycles. The SMILES string of the molecule is NCCN(CC(F)F)C(=O)c1cccc(F)c1F. The zero-order chi connectivity index (χ0) is 13.7. The maximum atomic E-state index is 13.3. The molecule has 2 N–H and O–H groups in total. The molecule has 0 fully saturated rings. The third-order valence-corrected chi connectivity index (χ3v) is 2.23. The summed E-state index contributed by atoms with van der Waals surface area (Å²) in [5.74, 6) is -3.55. The van der Waals surface area contributed by atoms with Gasteiger partial charge in [0, 0.05) is 13.1 Å². The molecular formula is C11H12F4N2O. The summed E-state index contributed by atoms with van der Waals surface area (Å²) in [4.78, 5) is 12.5. The van der Waals surface area contributed by atoms with Crippen LogP contribution < -0.4 is 5.73 Å². The lowest BCUT2D eigenvalue weighted by Gasteiger charge is -2.21. The number of rotatable bonds is 5. The van der Waals surface area contributed by atoms with Gasteiger partial charge in [0.05, 0.1) is 12.1 Å². The van der Waals surface area contributed by atoms with Crippen molar-refractivity contribution < 1.29 is 22.4 Å². The fraction of sp³-hybridized carbons (Fsp3) is 0.364. The predicted molar refractivity (Wildman–Crippen MR) is 57.3 cm³/mol. The second-order valence-corrected chi connectivity index (χ2v) is 3.53. The van der Waals surface area contributed by atoms with Crippen molar-refractivity contribution in [1.82, 2.24) is 4.90 Å². The Balaban J connectivity index is 2.98. The summed E-state index contributed by atoms with van der Waals surface area (Å²) in [5.41, 5.74) is 4.60. The number of benzene rings is 1. The van der Waals surface area contributed by atoms with Gasteiger partial charge in [-0.1, -0.05) is 6.07 Å². The fourth-order valence-corrected chi connectivity index (χ4v) is 1.44. The number of amides is 1. The molecule has 0 spiro atoms. The van der Waals surface area contributed by atoms with E-state index in [1.165, 1.54) is 0 Å². The van der Waals surface area contributed by atoms with E-state index in [1.807, 2.05) is 0 Å². The van der Waals surface area contributed by atoms with Gasteiger partial charge in [-0.3, -0.25) is 4.79 Å². The Bertz CT molecular complexity index is 426. The summed E-state index contributed by atoms with van der Waals surface area (Å²) >= 11 is 0. The van der Waals surface area contributed by atoms with Crippen LogP contribution in [-0.2, 0) is 0 Å². The van der Waals surface area contributed by atoms with E-state index in [0.717, 1.165) is 18.2 Å². The molecule has 1 aromatic rings. The van der Waals surface area contributed by atoms with Crippen molar-refractivity contribution in [3.63, 3.8) is 0 Å². The summed E-state index contributed by atoms with van der Waals surface area (Å²) in [6.07, 6.45) is -2.77. The van der Waals surface area contributed by atoms with Gasteiger partial charge in [-0.15, -0.1) is 0 Å². The van der Waals surface area contributed by atoms with Crippen molar-refractivity contribution in [3.8, 4) is 0 Å². The van der Waals surface area contributed by atoms with E-state index in [9.17, 15) is 22.4 Å². The number of alkyl halides is 2. The molecule has 1 amide bonds. The fourth-order valence-electron chi connectivity index (χ4n) is 1.44. The molecule has 0 saturated carbocycles. The van der Waals surface area contributed by atoms with Gasteiger partial charge < -0.3 is 10.6 Å². The Labute approximate surface area is 101 Å². The first-order valence-corrected chi connectivity index (χ1v) is 5.19. The van der Waals surface area contributed by atoms with E-state index in [0.29, 0.717) is 4.90 Å². The Morgan fingerprint density at radius 1 is 1.33 bits per heavy atom. The Hall–Kier alpha value is -1.63. The largest absolute Gasteiger partial charge is 0.332 e. The smallest absolute Gasteiger partial charge is 0.257 e. The third-order valence-electron chi connectivity index (χ3n) is 2.23. The van der Waals surface area contributed by atoms with E-state index in [2.05, 4.69) is 0 Å². The van der Waals surface area contributed by atoms with Gasteiger partial charge in [0.1, 0.15) is 0 Å². The normalized spacial score (nSPS) is 10.8. The van der Waals surface area contributed by atoms with Crippen LogP contribution in [0.25, 0.3) is 0 Å². The highest BCUT2D eigenvalue weighted by atomic mass is 19.3. The summed E-state index contributed by atoms with van der Waals surface area (Å²) < 4.78 is 50.8. The Morgan fingerprint density at radius 2 is 2.00 bits per heavy atom. The van der Waals surface area contributed by atoms with Crippen LogP contribution in [0.5, 0.6) is 0 Å². The standard InChI is InChI=1S/C11H12F4N2O/c12-8-3-1-2-7(10(8)15)11(18)17(5-4-16)6-9(13)14/h1-3,9H,4-6,16H2. The Morgan fingerprint density at radius 3 is 2.56 bits per heavy atom. The van der Waals surface area contributed by atoms with Gasteiger partial charge in [0.15, 0.2) is 11.6 Å². The van der Waals surface area contributed by atoms with Gasteiger partial charge in [0.2, 0.25) is 0 Å². The highest BCUT2D eigenvalue weighted by Crippen LogP contribution is 2.14.